The van der Waals surface area contributed by atoms with E-state index in [0.717, 1.165) is 6.20 Å². The number of sulfonamides is 1. The highest BCUT2D eigenvalue weighted by Crippen LogP contribution is 2.27. The summed E-state index contributed by atoms with van der Waals surface area (Å²) in [6.45, 7) is 0. The van der Waals surface area contributed by atoms with Crippen molar-refractivity contribution >= 4 is 47.7 Å². The lowest BCUT2D eigenvalue weighted by Gasteiger charge is -2.10. The van der Waals surface area contributed by atoms with Crippen LogP contribution in [0.4, 0.5) is 19.0 Å². The molecular formula is C5H2Br2F3N3O2S. The second-order valence-electron chi connectivity index (χ2n) is 2.38. The molecule has 5 nitrogen and oxygen atoms in total. The van der Waals surface area contributed by atoms with E-state index in [-0.39, 0.29) is 9.21 Å². The summed E-state index contributed by atoms with van der Waals surface area (Å²) in [7, 11) is -5.48. The fourth-order valence-electron chi connectivity index (χ4n) is 0.600. The Bertz CT molecular complexity index is 504. The van der Waals surface area contributed by atoms with E-state index in [4.69, 9.17) is 0 Å². The number of nitrogens with zero attached hydrogens (tertiary/aromatic N) is 2. The van der Waals surface area contributed by atoms with Crippen molar-refractivity contribution in [2.24, 2.45) is 0 Å². The summed E-state index contributed by atoms with van der Waals surface area (Å²) in [6.07, 6.45) is 1.05. The highest BCUT2D eigenvalue weighted by Gasteiger charge is 2.46. The van der Waals surface area contributed by atoms with E-state index in [2.05, 4.69) is 41.8 Å². The molecule has 0 unspecified atom stereocenters. The van der Waals surface area contributed by atoms with Crippen molar-refractivity contribution in [3.63, 3.8) is 0 Å². The van der Waals surface area contributed by atoms with Crippen LogP contribution in [0.1, 0.15) is 0 Å². The zero-order chi connectivity index (χ0) is 12.6. The van der Waals surface area contributed by atoms with Crippen LogP contribution in [0.25, 0.3) is 0 Å². The summed E-state index contributed by atoms with van der Waals surface area (Å²) >= 11 is 5.68. The molecule has 11 heteroatoms. The molecular weight excluding hydrogens is 383 g/mol. The van der Waals surface area contributed by atoms with Crippen molar-refractivity contribution in [1.29, 1.82) is 0 Å². The molecule has 0 radical (unpaired) electrons. The molecule has 0 fully saturated rings. The molecule has 0 saturated carbocycles. The second-order valence-corrected chi connectivity index (χ2v) is 5.62. The minimum Gasteiger partial charge on any atom is -0.257 e. The van der Waals surface area contributed by atoms with Crippen molar-refractivity contribution in [2.75, 3.05) is 4.72 Å². The lowest BCUT2D eigenvalue weighted by Crippen LogP contribution is -2.30. The minimum atomic E-state index is -5.48. The smallest absolute Gasteiger partial charge is 0.257 e. The van der Waals surface area contributed by atoms with Crippen LogP contribution in [-0.2, 0) is 10.0 Å². The van der Waals surface area contributed by atoms with Crippen LogP contribution in [0, 0.1) is 0 Å². The lowest BCUT2D eigenvalue weighted by molar-refractivity contribution is -0.0429. The molecule has 16 heavy (non-hydrogen) atoms. The third-order valence-corrected chi connectivity index (χ3v) is 3.24. The maximum atomic E-state index is 12.0. The quantitative estimate of drug-likeness (QED) is 0.848. The van der Waals surface area contributed by atoms with Gasteiger partial charge in [0, 0.05) is 0 Å². The van der Waals surface area contributed by atoms with E-state index in [1.807, 2.05) is 0 Å². The van der Waals surface area contributed by atoms with Gasteiger partial charge in [-0.05, 0) is 31.9 Å². The van der Waals surface area contributed by atoms with Crippen molar-refractivity contribution in [3.8, 4) is 0 Å². The predicted octanol–water partition coefficient (Wildman–Crippen LogP) is 2.26. The summed E-state index contributed by atoms with van der Waals surface area (Å²) in [6, 6.07) is 0. The van der Waals surface area contributed by atoms with E-state index in [1.165, 1.54) is 4.72 Å². The average molecular weight is 385 g/mol. The molecule has 1 aromatic heterocycles. The van der Waals surface area contributed by atoms with Gasteiger partial charge in [0.1, 0.15) is 4.60 Å². The first-order chi connectivity index (χ1) is 7.13. The van der Waals surface area contributed by atoms with Gasteiger partial charge >= 0.3 is 15.5 Å². The third-order valence-electron chi connectivity index (χ3n) is 1.24. The Morgan fingerprint density at radius 1 is 1.31 bits per heavy atom. The highest BCUT2D eigenvalue weighted by atomic mass is 79.9. The molecule has 1 heterocycles. The number of rotatable bonds is 2. The molecule has 0 amide bonds. The standard InChI is InChI=1S/C5H2Br2F3N3O2S/c6-2-1-11-4(3(7)12-2)13-16(14,15)5(8,9)10/h1H,(H,11,13). The van der Waals surface area contributed by atoms with E-state index in [0.29, 0.717) is 0 Å². The Labute approximate surface area is 105 Å². The van der Waals surface area contributed by atoms with Gasteiger partial charge in [-0.3, -0.25) is 4.72 Å². The summed E-state index contributed by atoms with van der Waals surface area (Å²) < 4.78 is 58.8. The van der Waals surface area contributed by atoms with Crippen molar-refractivity contribution in [2.45, 2.75) is 5.51 Å². The fraction of sp³-hybridized carbons (Fsp3) is 0.200. The van der Waals surface area contributed by atoms with Gasteiger partial charge in [0.15, 0.2) is 10.4 Å². The van der Waals surface area contributed by atoms with Gasteiger partial charge in [-0.25, -0.2) is 9.97 Å². The van der Waals surface area contributed by atoms with Crippen molar-refractivity contribution in [3.05, 3.63) is 15.4 Å². The van der Waals surface area contributed by atoms with Gasteiger partial charge in [-0.2, -0.15) is 21.6 Å². The zero-order valence-corrected chi connectivity index (χ0v) is 11.1. The molecule has 0 aliphatic carbocycles. The van der Waals surface area contributed by atoms with Crippen molar-refractivity contribution < 1.29 is 21.6 Å². The number of anilines is 1. The van der Waals surface area contributed by atoms with Gasteiger partial charge in [-0.15, -0.1) is 0 Å². The largest absolute Gasteiger partial charge is 0.516 e. The molecule has 0 bridgehead atoms. The second kappa shape index (κ2) is 4.45. The third kappa shape index (κ3) is 3.04. The first-order valence-corrected chi connectivity index (χ1v) is 6.47. The Balaban J connectivity index is 3.07. The Morgan fingerprint density at radius 2 is 1.88 bits per heavy atom. The van der Waals surface area contributed by atoms with Gasteiger partial charge in [0.2, 0.25) is 0 Å². The normalized spacial score (nSPS) is 12.6. The number of hydrogen-bond acceptors (Lipinski definition) is 4. The van der Waals surface area contributed by atoms with Crippen LogP contribution < -0.4 is 4.72 Å². The Kier molecular flexibility index (Phi) is 3.80. The monoisotopic (exact) mass is 383 g/mol. The zero-order valence-electron chi connectivity index (χ0n) is 7.09. The van der Waals surface area contributed by atoms with Gasteiger partial charge in [0.25, 0.3) is 0 Å². The number of hydrogen-bond donors (Lipinski definition) is 1. The van der Waals surface area contributed by atoms with Crippen LogP contribution in [-0.4, -0.2) is 23.9 Å². The molecule has 1 N–H and O–H groups in total. The molecule has 90 valence electrons. The summed E-state index contributed by atoms with van der Waals surface area (Å²) in [5, 5.41) is 0. The Morgan fingerprint density at radius 3 is 2.31 bits per heavy atom. The predicted molar refractivity (Wildman–Crippen MR) is 56.0 cm³/mol. The average Bonchev–Trinajstić information content (AvgIpc) is 2.08. The first kappa shape index (κ1) is 13.6. The van der Waals surface area contributed by atoms with E-state index in [1.54, 1.807) is 0 Å². The summed E-state index contributed by atoms with van der Waals surface area (Å²) in [5.41, 5.74) is -5.40. The number of aromatic nitrogens is 2. The topological polar surface area (TPSA) is 72.0 Å². The van der Waals surface area contributed by atoms with Crippen LogP contribution in [0.5, 0.6) is 0 Å². The molecule has 0 saturated heterocycles. The lowest BCUT2D eigenvalue weighted by atomic mass is 10.7. The van der Waals surface area contributed by atoms with Gasteiger partial charge < -0.3 is 0 Å². The van der Waals surface area contributed by atoms with Gasteiger partial charge in [-0.1, -0.05) is 0 Å². The van der Waals surface area contributed by atoms with Crippen molar-refractivity contribution in [1.82, 2.24) is 9.97 Å². The van der Waals surface area contributed by atoms with E-state index in [9.17, 15) is 21.6 Å². The van der Waals surface area contributed by atoms with E-state index >= 15 is 0 Å². The molecule has 0 aliphatic rings. The number of alkyl halides is 3. The van der Waals surface area contributed by atoms with Crippen LogP contribution in [0.3, 0.4) is 0 Å². The fourth-order valence-corrected chi connectivity index (χ4v) is 2.16. The summed E-state index contributed by atoms with van der Waals surface area (Å²) in [5.74, 6) is -0.541. The van der Waals surface area contributed by atoms with E-state index < -0.39 is 21.3 Å². The van der Waals surface area contributed by atoms with Crippen LogP contribution in [0.15, 0.2) is 15.4 Å². The maximum Gasteiger partial charge on any atom is 0.516 e. The highest BCUT2D eigenvalue weighted by molar-refractivity contribution is 9.11. The van der Waals surface area contributed by atoms with Crippen LogP contribution >= 0.6 is 31.9 Å². The molecule has 0 aromatic carbocycles. The molecule has 0 aliphatic heterocycles. The molecule has 1 rings (SSSR count). The molecule has 1 aromatic rings. The maximum absolute atomic E-state index is 12.0. The van der Waals surface area contributed by atoms with Crippen LogP contribution in [0.2, 0.25) is 0 Å². The minimum absolute atomic E-state index is 0.158. The number of nitrogens with one attached hydrogen (secondary N) is 1. The van der Waals surface area contributed by atoms with Gasteiger partial charge in [0.05, 0.1) is 6.20 Å². The SMILES string of the molecule is O=S(=O)(Nc1ncc(Br)nc1Br)C(F)(F)F. The summed E-state index contributed by atoms with van der Waals surface area (Å²) in [4.78, 5) is 7.05. The first-order valence-electron chi connectivity index (χ1n) is 3.40. The Hall–Kier alpha value is -0.420. The molecule has 0 spiro atoms. The number of halogens is 5. The molecule has 0 atom stereocenters.